The van der Waals surface area contributed by atoms with Gasteiger partial charge in [-0.25, -0.2) is 0 Å². The fourth-order valence-electron chi connectivity index (χ4n) is 1.91. The van der Waals surface area contributed by atoms with Crippen molar-refractivity contribution in [3.8, 4) is 0 Å². The van der Waals surface area contributed by atoms with Crippen molar-refractivity contribution in [2.75, 3.05) is 0 Å². The maximum atomic E-state index is 5.63. The van der Waals surface area contributed by atoms with Crippen molar-refractivity contribution in [1.29, 1.82) is 0 Å². The van der Waals surface area contributed by atoms with Crippen molar-refractivity contribution >= 4 is 11.9 Å². The third kappa shape index (κ3) is 2.44. The van der Waals surface area contributed by atoms with Crippen molar-refractivity contribution in [2.24, 2.45) is 0 Å². The molecule has 3 heteroatoms. The number of hydrogen-bond donors (Lipinski definition) is 0. The summed E-state index contributed by atoms with van der Waals surface area (Å²) in [6.07, 6.45) is 14.4. The van der Waals surface area contributed by atoms with Gasteiger partial charge in [0, 0.05) is 26.2 Å². The molecule has 0 atom stereocenters. The van der Waals surface area contributed by atoms with E-state index in [1.807, 2.05) is 19.1 Å². The van der Waals surface area contributed by atoms with Crippen molar-refractivity contribution in [3.63, 3.8) is 0 Å². The number of rotatable bonds is 3. The average Bonchev–Trinajstić information content (AvgIpc) is 2.88. The predicted octanol–water partition coefficient (Wildman–Crippen LogP) is 3.69. The van der Waals surface area contributed by atoms with Crippen molar-refractivity contribution in [1.82, 2.24) is 0 Å². The molecular weight excluding hydrogens is 287 g/mol. The molecule has 0 radical (unpaired) electrons. The molecule has 2 rings (SSSR count). The van der Waals surface area contributed by atoms with E-state index in [0.717, 1.165) is 12.8 Å². The number of allylic oxidation sites excluding steroid dienone is 6. The van der Waals surface area contributed by atoms with Crippen LogP contribution in [-0.2, 0) is 30.5 Å². The molecule has 0 heterocycles. The molecular formula is C12H13ClOZr. The van der Waals surface area contributed by atoms with E-state index >= 15 is 0 Å². The summed E-state index contributed by atoms with van der Waals surface area (Å²) in [6.45, 7) is 2.03. The third-order valence-electron chi connectivity index (χ3n) is 2.92. The molecule has 0 saturated heterocycles. The summed E-state index contributed by atoms with van der Waals surface area (Å²) in [5, 5.41) is 0. The topological polar surface area (TPSA) is 9.23 Å². The van der Waals surface area contributed by atoms with Gasteiger partial charge in [-0.3, -0.25) is 4.29 Å². The first-order chi connectivity index (χ1) is 6.77. The largest absolute Gasteiger partial charge is 0.264 e. The third-order valence-corrected chi connectivity index (χ3v) is 3.23. The van der Waals surface area contributed by atoms with Gasteiger partial charge < -0.3 is 0 Å². The van der Waals surface area contributed by atoms with Gasteiger partial charge in [-0.2, -0.15) is 0 Å². The maximum Gasteiger partial charge on any atom is 0.130 e. The molecule has 0 amide bonds. The van der Waals surface area contributed by atoms with Crippen molar-refractivity contribution in [3.05, 3.63) is 47.6 Å². The molecule has 0 aromatic rings. The van der Waals surface area contributed by atoms with Gasteiger partial charge >= 0.3 is 0 Å². The Balaban J connectivity index is 0.00000112. The van der Waals surface area contributed by atoms with Crippen LogP contribution in [0.4, 0.5) is 0 Å². The Morgan fingerprint density at radius 3 is 1.87 bits per heavy atom. The average molecular weight is 300 g/mol. The van der Waals surface area contributed by atoms with E-state index in [4.69, 9.17) is 16.2 Å². The zero-order valence-corrected chi connectivity index (χ0v) is 11.9. The maximum absolute atomic E-state index is 5.63. The van der Waals surface area contributed by atoms with Crippen LogP contribution in [-0.4, -0.2) is 5.60 Å². The molecule has 0 aromatic heterocycles. The Morgan fingerprint density at radius 2 is 1.60 bits per heavy atom. The molecule has 0 aliphatic heterocycles. The van der Waals surface area contributed by atoms with Gasteiger partial charge in [0.15, 0.2) is 0 Å². The SMILES string of the molecule is CC(OCl)(C1=CC=CC1)C1=CC=CC1.[Zr]. The summed E-state index contributed by atoms with van der Waals surface area (Å²) in [6, 6.07) is 0. The molecule has 0 bridgehead atoms. The zero-order chi connectivity index (χ0) is 10.0. The Kier molecular flexibility index (Phi) is 4.76. The monoisotopic (exact) mass is 298 g/mol. The van der Waals surface area contributed by atoms with Gasteiger partial charge in [0.1, 0.15) is 5.60 Å². The van der Waals surface area contributed by atoms with Crippen LogP contribution < -0.4 is 0 Å². The normalized spacial score (nSPS) is 18.8. The van der Waals surface area contributed by atoms with Crippen LogP contribution >= 0.6 is 11.9 Å². The molecule has 2 aliphatic carbocycles. The molecule has 0 unspecified atom stereocenters. The van der Waals surface area contributed by atoms with Gasteiger partial charge in [-0.05, 0) is 30.9 Å². The van der Waals surface area contributed by atoms with Crippen LogP contribution in [0.5, 0.6) is 0 Å². The summed E-state index contributed by atoms with van der Waals surface area (Å²) in [5.41, 5.74) is 2.01. The summed E-state index contributed by atoms with van der Waals surface area (Å²) in [7, 11) is 0. The summed E-state index contributed by atoms with van der Waals surface area (Å²) in [5.74, 6) is 0. The molecule has 2 aliphatic rings. The van der Waals surface area contributed by atoms with E-state index < -0.39 is 5.60 Å². The number of halogens is 1. The molecule has 78 valence electrons. The first-order valence-corrected chi connectivity index (χ1v) is 5.10. The van der Waals surface area contributed by atoms with Crippen LogP contribution in [0.3, 0.4) is 0 Å². The Bertz CT molecular complexity index is 323. The van der Waals surface area contributed by atoms with Crippen LogP contribution in [0.2, 0.25) is 0 Å². The second-order valence-corrected chi connectivity index (χ2v) is 3.91. The quantitative estimate of drug-likeness (QED) is 0.772. The van der Waals surface area contributed by atoms with Crippen molar-refractivity contribution < 1.29 is 30.5 Å². The Morgan fingerprint density at radius 1 is 1.13 bits per heavy atom. The fraction of sp³-hybridized carbons (Fsp3) is 0.333. The van der Waals surface area contributed by atoms with E-state index in [0.29, 0.717) is 0 Å². The van der Waals surface area contributed by atoms with Gasteiger partial charge in [-0.1, -0.05) is 36.5 Å². The molecule has 1 nitrogen and oxygen atoms in total. The molecule has 0 saturated carbocycles. The summed E-state index contributed by atoms with van der Waals surface area (Å²) < 4.78 is 5.16. The minimum absolute atomic E-state index is 0. The molecule has 15 heavy (non-hydrogen) atoms. The predicted molar refractivity (Wildman–Crippen MR) is 59.0 cm³/mol. The van der Waals surface area contributed by atoms with E-state index in [1.165, 1.54) is 11.1 Å². The van der Waals surface area contributed by atoms with Crippen LogP contribution in [0.1, 0.15) is 19.8 Å². The molecule has 0 N–H and O–H groups in total. The van der Waals surface area contributed by atoms with E-state index in [2.05, 4.69) is 24.3 Å². The van der Waals surface area contributed by atoms with Gasteiger partial charge in [0.25, 0.3) is 0 Å². The smallest absolute Gasteiger partial charge is 0.130 e. The first kappa shape index (κ1) is 13.2. The second kappa shape index (κ2) is 5.43. The van der Waals surface area contributed by atoms with Crippen LogP contribution in [0.15, 0.2) is 47.6 Å². The summed E-state index contributed by atoms with van der Waals surface area (Å²) in [4.78, 5) is 0. The Labute approximate surface area is 115 Å². The first-order valence-electron chi connectivity index (χ1n) is 4.79. The van der Waals surface area contributed by atoms with E-state index in [-0.39, 0.29) is 26.2 Å². The molecule has 0 spiro atoms. The van der Waals surface area contributed by atoms with Gasteiger partial charge in [0.05, 0.1) is 11.9 Å². The van der Waals surface area contributed by atoms with Crippen LogP contribution in [0, 0.1) is 0 Å². The molecule has 0 fully saturated rings. The standard InChI is InChI=1S/C12H13ClO.Zr/c1-12(14-13,10-6-2-3-7-10)11-8-4-5-9-11;/h2-6,8H,7,9H2,1H3;. The van der Waals surface area contributed by atoms with Gasteiger partial charge in [-0.15, -0.1) is 0 Å². The zero-order valence-electron chi connectivity index (χ0n) is 8.66. The van der Waals surface area contributed by atoms with Crippen LogP contribution in [0.25, 0.3) is 0 Å². The van der Waals surface area contributed by atoms with Crippen molar-refractivity contribution in [2.45, 2.75) is 25.4 Å². The Hall–Kier alpha value is 0.0931. The minimum Gasteiger partial charge on any atom is -0.264 e. The van der Waals surface area contributed by atoms with E-state index in [1.54, 1.807) is 0 Å². The second-order valence-electron chi connectivity index (χ2n) is 3.76. The molecule has 0 aromatic carbocycles. The fourth-order valence-corrected chi connectivity index (χ4v) is 2.11. The van der Waals surface area contributed by atoms with E-state index in [9.17, 15) is 0 Å². The van der Waals surface area contributed by atoms with Gasteiger partial charge in [0.2, 0.25) is 0 Å². The summed E-state index contributed by atoms with van der Waals surface area (Å²) >= 11 is 5.63. The minimum atomic E-state index is -0.436. The number of hydrogen-bond acceptors (Lipinski definition) is 1.